The molecule has 0 saturated carbocycles. The molecule has 4 fully saturated rings. The number of aromatic amines is 7. The van der Waals surface area contributed by atoms with Crippen molar-refractivity contribution < 1.29 is 9.47 Å². The zero-order chi connectivity index (χ0) is 100. The minimum absolute atomic E-state index is 0.0186. The van der Waals surface area contributed by atoms with Crippen LogP contribution in [0.4, 0.5) is 0 Å². The van der Waals surface area contributed by atoms with Crippen molar-refractivity contribution in [3.05, 3.63) is 286 Å². The monoisotopic (exact) mass is 1920 g/mol. The maximum absolute atomic E-state index is 12.4. The van der Waals surface area contributed by atoms with Gasteiger partial charge in [-0.25, -0.2) is 19.9 Å². The van der Waals surface area contributed by atoms with Crippen molar-refractivity contribution in [2.45, 2.75) is 208 Å². The molecule has 28 nitrogen and oxygen atoms in total. The number of nitrogens with zero attached hydrogens (tertiary/aromatic N) is 12. The molecule has 141 heavy (non-hydrogen) atoms. The Morgan fingerprint density at radius 1 is 0.348 bits per heavy atom. The number of likely N-dealkylation sites (tertiary alicyclic amines) is 4. The van der Waals surface area contributed by atoms with Gasteiger partial charge in [-0.1, -0.05) is 101 Å². The molecule has 0 unspecified atom stereocenters. The summed E-state index contributed by atoms with van der Waals surface area (Å²) in [6.45, 7) is 36.9. The lowest BCUT2D eigenvalue weighted by Gasteiger charge is -2.29. The molecule has 6 aromatic carbocycles. The Kier molecular flexibility index (Phi) is 41.7. The molecule has 7 N–H and O–H groups in total. The third-order valence-corrected chi connectivity index (χ3v) is 28.1. The van der Waals surface area contributed by atoms with E-state index in [1.807, 2.05) is 143 Å². The second kappa shape index (κ2) is 54.4. The lowest BCUT2D eigenvalue weighted by molar-refractivity contribution is 0.0522. The first-order valence-electron chi connectivity index (χ1n) is 51.4. The second-order valence-corrected chi connectivity index (χ2v) is 38.8. The average molecular weight is 1920 g/mol. The van der Waals surface area contributed by atoms with Gasteiger partial charge < -0.3 is 78.7 Å². The van der Waals surface area contributed by atoms with Gasteiger partial charge >= 0.3 is 0 Å². The molecular formula is C113H153N19O9. The van der Waals surface area contributed by atoms with Gasteiger partial charge in [-0.2, -0.15) is 0 Å². The van der Waals surface area contributed by atoms with Gasteiger partial charge in [0.2, 0.25) is 0 Å². The Morgan fingerprint density at radius 2 is 0.674 bits per heavy atom. The predicted molar refractivity (Wildman–Crippen MR) is 577 cm³/mol. The van der Waals surface area contributed by atoms with Gasteiger partial charge in [0.15, 0.2) is 6.79 Å². The Hall–Kier alpha value is -11.9. The number of methoxy groups -OCH3 is 1. The quantitative estimate of drug-likeness (QED) is 0.0162. The van der Waals surface area contributed by atoms with Crippen molar-refractivity contribution in [1.29, 1.82) is 0 Å². The molecule has 18 rings (SSSR count). The molecule has 0 spiro atoms. The first-order valence-corrected chi connectivity index (χ1v) is 51.4. The summed E-state index contributed by atoms with van der Waals surface area (Å²) in [6.07, 6.45) is 23.2. The fraction of sp³-hybridized carbons (Fsp3) is 0.487. The highest BCUT2D eigenvalue weighted by molar-refractivity contribution is 5.89. The number of aryl methyl sites for hydroxylation is 9. The number of para-hydroxylation sites is 4. The Balaban J connectivity index is 0.000000147. The highest BCUT2D eigenvalue weighted by Crippen LogP contribution is 2.33. The van der Waals surface area contributed by atoms with Gasteiger partial charge in [0.1, 0.15) is 29.0 Å². The molecule has 8 aromatic heterocycles. The third-order valence-electron chi connectivity index (χ3n) is 28.1. The highest BCUT2D eigenvalue weighted by atomic mass is 16.7. The van der Waals surface area contributed by atoms with Crippen LogP contribution < -0.4 is 43.7 Å². The van der Waals surface area contributed by atoms with E-state index in [2.05, 4.69) is 182 Å². The topological polar surface area (TPSA) is 336 Å². The smallest absolute Gasteiger partial charge is 0.258 e. The molecular weight excluding hydrogens is 1770 g/mol. The van der Waals surface area contributed by atoms with Crippen molar-refractivity contribution in [1.82, 2.24) is 94.1 Å². The summed E-state index contributed by atoms with van der Waals surface area (Å²) in [6, 6.07) is 44.3. The van der Waals surface area contributed by atoms with Crippen molar-refractivity contribution in [3.8, 4) is 5.75 Å². The van der Waals surface area contributed by atoms with E-state index in [-0.39, 0.29) is 45.7 Å². The highest BCUT2D eigenvalue weighted by Gasteiger charge is 2.25. The molecule has 754 valence electrons. The Labute approximate surface area is 829 Å². The van der Waals surface area contributed by atoms with Gasteiger partial charge in [0.05, 0.1) is 59.9 Å². The van der Waals surface area contributed by atoms with E-state index >= 15 is 0 Å². The molecule has 0 bridgehead atoms. The summed E-state index contributed by atoms with van der Waals surface area (Å²) >= 11 is 0. The number of hydrogen-bond acceptors (Lipinski definition) is 21. The van der Waals surface area contributed by atoms with Crippen molar-refractivity contribution in [2.24, 2.45) is 0 Å². The number of pyridine rings is 4. The van der Waals surface area contributed by atoms with E-state index in [0.29, 0.717) is 55.8 Å². The van der Waals surface area contributed by atoms with Crippen LogP contribution in [0.25, 0.3) is 76.1 Å². The van der Waals surface area contributed by atoms with Crippen LogP contribution in [0.5, 0.6) is 5.75 Å². The van der Waals surface area contributed by atoms with Crippen LogP contribution >= 0.6 is 0 Å². The number of unbranched alkanes of at least 4 members (excludes halogenated alkanes) is 4. The van der Waals surface area contributed by atoms with Crippen molar-refractivity contribution in [2.75, 3.05) is 154 Å². The fourth-order valence-electron chi connectivity index (χ4n) is 19.3. The summed E-state index contributed by atoms with van der Waals surface area (Å²) in [5, 5.41) is 6.83. The largest absolute Gasteiger partial charge is 0.467 e. The zero-order valence-electron chi connectivity index (χ0n) is 86.3. The Morgan fingerprint density at radius 3 is 1.07 bits per heavy atom. The molecule has 0 atom stereocenters. The molecule has 28 heteroatoms. The van der Waals surface area contributed by atoms with Crippen LogP contribution in [0.2, 0.25) is 0 Å². The van der Waals surface area contributed by atoms with Gasteiger partial charge in [0, 0.05) is 84.6 Å². The number of ether oxygens (including phenoxy) is 2. The molecule has 4 aliphatic heterocycles. The first kappa shape index (κ1) is 108. The number of H-pyrrole nitrogens is 7. The number of aromatic nitrogens is 12. The molecule has 12 heterocycles. The van der Waals surface area contributed by atoms with Crippen LogP contribution in [0.1, 0.15) is 216 Å². The van der Waals surface area contributed by atoms with Crippen LogP contribution in [-0.2, 0) is 30.4 Å². The number of rotatable bonds is 30. The predicted octanol–water partition coefficient (Wildman–Crippen LogP) is 17.3. The summed E-state index contributed by atoms with van der Waals surface area (Å²) in [5.41, 5.74) is 12.6. The summed E-state index contributed by atoms with van der Waals surface area (Å²) < 4.78 is 10.6. The summed E-state index contributed by atoms with van der Waals surface area (Å²) in [4.78, 5) is 145. The van der Waals surface area contributed by atoms with Gasteiger partial charge in [0.25, 0.3) is 38.9 Å². The molecule has 4 aliphatic rings. The van der Waals surface area contributed by atoms with Gasteiger partial charge in [-0.15, -0.1) is 0 Å². The zero-order valence-corrected chi connectivity index (χ0v) is 86.3. The number of nitrogens with one attached hydrogen (secondary N) is 7. The molecule has 0 radical (unpaired) electrons. The maximum Gasteiger partial charge on any atom is 0.258 e. The maximum atomic E-state index is 12.4. The Bertz CT molecular complexity index is 6820. The van der Waals surface area contributed by atoms with Crippen molar-refractivity contribution in [3.63, 3.8) is 0 Å². The normalized spacial score (nSPS) is 14.7. The van der Waals surface area contributed by atoms with Gasteiger partial charge in [-0.05, 0) is 377 Å². The second-order valence-electron chi connectivity index (χ2n) is 38.8. The average Bonchev–Trinajstić information content (AvgIpc) is 0.976. The third kappa shape index (κ3) is 31.1. The standard InChI is InChI=1S/C18H27N3O.C17H25N3O.C17H22N2O3.C16H21N3O.C16H20N2O.C15H21N3O.C14H17N3O/c1-4-21(5-2)13-8-6-7-12-16-19-17-14(3)10-9-11-15(17)18(22)20-16;1-4-20(5-2)12-7-6-11-15-18-16-13(3)9-8-10-14(16)17(21)19-15;1-19-8-6-12(7-9-19)15-10-14-13(17(20)18-15)4-3-5-16(14)22-11-21-2;1-12-6-4-7-13-15(12)17-14(18-16(13)20)8-5-11-19-9-2-3-10-19;1-11-4-3-5-13-14(11)10-15(17-16(13)19)12-6-8-18(2)9-7-12;1-11-7-6-8-12-14(11)16-13(17-15(12)19)9-4-5-10-18(2)3;1-17-7-4-10(5-8-17)12-9-13-11(14(18)16-12)3-2-6-15-13/h9-11H,4-8,12-13H2,1-3H3,(H,19,20,22);8-10H,4-7,11-12H2,1-3H3,(H,18,19,21);3-5,10,12H,6-9,11H2,1-2H3,(H,18,20);4,6-7H,2-3,5,8-11H2,1H3,(H,17,18,20);3-5,10,12H,6-9H2,1-2H3,(H,17,19);6-8H,4-5,9-10H2,1-3H3,(H,16,17,19);2-3,6,9-10H,4-5,7-8H2,1H3,(H,16,18). The minimum Gasteiger partial charge on any atom is -0.467 e. The summed E-state index contributed by atoms with van der Waals surface area (Å²) in [7, 11) is 12.2. The van der Waals surface area contributed by atoms with Crippen LogP contribution in [0.3, 0.4) is 0 Å². The van der Waals surface area contributed by atoms with Crippen LogP contribution in [0, 0.1) is 34.6 Å². The van der Waals surface area contributed by atoms with E-state index in [1.54, 1.807) is 19.4 Å². The van der Waals surface area contributed by atoms with E-state index < -0.39 is 0 Å². The lowest BCUT2D eigenvalue weighted by Crippen LogP contribution is -2.30. The van der Waals surface area contributed by atoms with Gasteiger partial charge in [-0.3, -0.25) is 38.5 Å². The van der Waals surface area contributed by atoms with Crippen molar-refractivity contribution >= 4 is 76.1 Å². The molecule has 4 saturated heterocycles. The minimum atomic E-state index is -0.0469. The SMILES string of the molecule is CCN(CC)CCCCCc1nc2c(C)cccc2c(=O)[nH]1.CCN(CC)CCCCc1nc2c(C)cccc2c(=O)[nH]1.CN1CCC(c2cc3ncccc3c(=O)[nH]2)CC1.COCOc1cccc2c(=O)[nH]c(C3CCN(C)CC3)cc12.Cc1cccc2c(=O)[nH]c(C3CCN(C)CC3)cc12.Cc1cccc2c(=O)[nH]c(CCCCN(C)C)nc12.Cc1cccc2c(=O)[nH]c(CCCN3CCCC3)nc12. The number of hydrogen-bond donors (Lipinski definition) is 7. The van der Waals surface area contributed by atoms with Crippen LogP contribution in [0.15, 0.2) is 179 Å². The summed E-state index contributed by atoms with van der Waals surface area (Å²) in [5.74, 6) is 5.29. The number of fused-ring (bicyclic) bond motifs is 7. The molecule has 0 amide bonds. The number of benzene rings is 6. The van der Waals surface area contributed by atoms with E-state index in [9.17, 15) is 33.6 Å². The first-order chi connectivity index (χ1) is 68.2. The van der Waals surface area contributed by atoms with E-state index in [4.69, 9.17) is 9.47 Å². The van der Waals surface area contributed by atoms with Crippen LogP contribution in [-0.4, -0.2) is 248 Å². The van der Waals surface area contributed by atoms with E-state index in [1.165, 1.54) is 44.3 Å². The number of piperidine rings is 3. The lowest BCUT2D eigenvalue weighted by atomic mass is 9.92. The molecule has 0 aliphatic carbocycles. The van der Waals surface area contributed by atoms with E-state index in [0.717, 1.165) is 301 Å². The molecule has 14 aromatic rings. The fourth-order valence-corrected chi connectivity index (χ4v) is 19.3.